The number of phenols is 1. The van der Waals surface area contributed by atoms with Gasteiger partial charge in [-0.05, 0) is 67.1 Å². The first-order valence-corrected chi connectivity index (χ1v) is 14.0. The second kappa shape index (κ2) is 9.11. The summed E-state index contributed by atoms with van der Waals surface area (Å²) in [5, 5.41) is 25.2. The fourth-order valence-electron chi connectivity index (χ4n) is 6.59. The van der Waals surface area contributed by atoms with Crippen molar-refractivity contribution in [1.82, 2.24) is 14.9 Å². The molecule has 0 saturated carbocycles. The molecule has 3 aliphatic rings. The molecule has 2 atom stereocenters. The number of nitrogens with one attached hydrogen (secondary N) is 1. The highest BCUT2D eigenvalue weighted by molar-refractivity contribution is 6.32. The molecule has 2 aromatic heterocycles. The van der Waals surface area contributed by atoms with Gasteiger partial charge in [-0.2, -0.15) is 0 Å². The van der Waals surface area contributed by atoms with Gasteiger partial charge in [-0.25, -0.2) is 14.2 Å². The Labute approximate surface area is 243 Å². The van der Waals surface area contributed by atoms with Crippen molar-refractivity contribution in [2.75, 3.05) is 0 Å². The lowest BCUT2D eigenvalue weighted by Crippen LogP contribution is -2.44. The monoisotopic (exact) mass is 589 g/mol. The fraction of sp³-hybridized carbons (Fsp3) is 0.290. The van der Waals surface area contributed by atoms with Gasteiger partial charge < -0.3 is 24.8 Å². The number of amides is 1. The molecule has 42 heavy (non-hydrogen) atoms. The molecule has 0 bridgehead atoms. The van der Waals surface area contributed by atoms with Crippen molar-refractivity contribution >= 4 is 34.4 Å². The molecule has 4 aromatic rings. The predicted octanol–water partition coefficient (Wildman–Crippen LogP) is 4.30. The van der Waals surface area contributed by atoms with Crippen LogP contribution in [-0.2, 0) is 34.7 Å². The van der Waals surface area contributed by atoms with Crippen molar-refractivity contribution in [3.8, 4) is 17.1 Å². The van der Waals surface area contributed by atoms with Gasteiger partial charge in [0.15, 0.2) is 5.60 Å². The number of ether oxygens (including phenoxy) is 1. The minimum atomic E-state index is -1.98. The minimum Gasteiger partial charge on any atom is -0.506 e. The number of hydrogen-bond acceptors (Lipinski definition) is 7. The van der Waals surface area contributed by atoms with Crippen LogP contribution >= 0.6 is 11.6 Å². The Kier molecular flexibility index (Phi) is 5.77. The Morgan fingerprint density at radius 1 is 1.24 bits per heavy atom. The van der Waals surface area contributed by atoms with Crippen molar-refractivity contribution in [1.29, 1.82) is 0 Å². The number of carbonyl (C=O) groups excluding carboxylic acids is 2. The first-order valence-electron chi connectivity index (χ1n) is 13.6. The Balaban J connectivity index is 1.44. The molecule has 0 fully saturated rings. The van der Waals surface area contributed by atoms with Crippen molar-refractivity contribution in [2.24, 2.45) is 0 Å². The summed E-state index contributed by atoms with van der Waals surface area (Å²) < 4.78 is 21.8. The first-order chi connectivity index (χ1) is 20.0. The van der Waals surface area contributed by atoms with E-state index < -0.39 is 34.9 Å². The lowest BCUT2D eigenvalue weighted by atomic mass is 9.81. The molecule has 1 amide bonds. The molecule has 0 unspecified atom stereocenters. The first kappa shape index (κ1) is 26.6. The van der Waals surface area contributed by atoms with E-state index in [0.29, 0.717) is 40.9 Å². The standard InChI is InChI=1S/C31H25ClFN3O6/c1-3-31(41)18-9-23-27-16(11-36(23)29(39)17(18)12-42-30(31)40)26-21(35-28(38)14-4-6-19(32)24(37)8-14)7-5-15-13(2)20(33)10-22(34-27)25(15)26/h4,6,8-10,21,37,41H,3,5,7,11-12H2,1-2H3,(H,35,38)/t21-,31-/m0/s1. The maximum Gasteiger partial charge on any atom is 0.343 e. The molecule has 2 aromatic carbocycles. The molecule has 4 heterocycles. The number of cyclic esters (lactones) is 1. The van der Waals surface area contributed by atoms with Gasteiger partial charge in [0, 0.05) is 28.1 Å². The summed E-state index contributed by atoms with van der Waals surface area (Å²) in [6.45, 7) is 3.23. The van der Waals surface area contributed by atoms with Gasteiger partial charge in [0.25, 0.3) is 11.5 Å². The maximum atomic E-state index is 15.1. The zero-order valence-corrected chi connectivity index (χ0v) is 23.4. The number of fused-ring (bicyclic) bond motifs is 5. The molecule has 1 aliphatic carbocycles. The number of phenolic OH excluding ortho intramolecular Hbond substituents is 1. The molecule has 0 saturated heterocycles. The number of aliphatic hydroxyl groups is 1. The quantitative estimate of drug-likeness (QED) is 0.267. The molecule has 2 aliphatic heterocycles. The van der Waals surface area contributed by atoms with E-state index in [0.717, 1.165) is 16.5 Å². The van der Waals surface area contributed by atoms with Crippen molar-refractivity contribution in [3.05, 3.63) is 90.5 Å². The third kappa shape index (κ3) is 3.58. The molecule has 7 rings (SSSR count). The van der Waals surface area contributed by atoms with Gasteiger partial charge in [-0.3, -0.25) is 9.59 Å². The van der Waals surface area contributed by atoms with E-state index in [9.17, 15) is 24.6 Å². The van der Waals surface area contributed by atoms with E-state index in [-0.39, 0.29) is 47.0 Å². The van der Waals surface area contributed by atoms with Crippen molar-refractivity contribution < 1.29 is 28.9 Å². The number of carbonyl (C=O) groups is 2. The molecule has 11 heteroatoms. The molecule has 3 N–H and O–H groups in total. The predicted molar refractivity (Wildman–Crippen MR) is 151 cm³/mol. The third-order valence-corrected chi connectivity index (χ3v) is 9.21. The number of pyridine rings is 2. The van der Waals surface area contributed by atoms with Gasteiger partial charge in [0.2, 0.25) is 0 Å². The van der Waals surface area contributed by atoms with Crippen LogP contribution in [0.25, 0.3) is 22.3 Å². The van der Waals surface area contributed by atoms with E-state index in [1.165, 1.54) is 28.8 Å². The Bertz CT molecular complexity index is 1970. The highest BCUT2D eigenvalue weighted by atomic mass is 35.5. The summed E-state index contributed by atoms with van der Waals surface area (Å²) >= 11 is 5.93. The highest BCUT2D eigenvalue weighted by Gasteiger charge is 2.46. The number of esters is 1. The van der Waals surface area contributed by atoms with Crippen LogP contribution in [0.2, 0.25) is 5.02 Å². The average molecular weight is 590 g/mol. The molecule has 214 valence electrons. The van der Waals surface area contributed by atoms with Gasteiger partial charge in [0.1, 0.15) is 18.2 Å². The lowest BCUT2D eigenvalue weighted by molar-refractivity contribution is -0.172. The van der Waals surface area contributed by atoms with Crippen LogP contribution in [0.1, 0.15) is 69.5 Å². The summed E-state index contributed by atoms with van der Waals surface area (Å²) in [6, 6.07) is 6.70. The normalized spacial score (nSPS) is 20.1. The van der Waals surface area contributed by atoms with Crippen LogP contribution in [0, 0.1) is 12.7 Å². The number of hydrogen-bond donors (Lipinski definition) is 3. The zero-order chi connectivity index (χ0) is 29.7. The van der Waals surface area contributed by atoms with Crippen LogP contribution < -0.4 is 10.9 Å². The fourth-order valence-corrected chi connectivity index (χ4v) is 6.71. The van der Waals surface area contributed by atoms with Crippen LogP contribution in [0.5, 0.6) is 5.75 Å². The van der Waals surface area contributed by atoms with E-state index in [1.807, 2.05) is 0 Å². The third-order valence-electron chi connectivity index (χ3n) is 8.89. The van der Waals surface area contributed by atoms with Gasteiger partial charge in [0.05, 0.1) is 40.1 Å². The molecule has 0 radical (unpaired) electrons. The summed E-state index contributed by atoms with van der Waals surface area (Å²) in [5.74, 6) is -1.87. The van der Waals surface area contributed by atoms with Gasteiger partial charge in [-0.15, -0.1) is 0 Å². The lowest BCUT2D eigenvalue weighted by Gasteiger charge is -2.31. The van der Waals surface area contributed by atoms with Crippen LogP contribution in [0.15, 0.2) is 35.1 Å². The number of benzene rings is 2. The van der Waals surface area contributed by atoms with Gasteiger partial charge in [-0.1, -0.05) is 18.5 Å². The van der Waals surface area contributed by atoms with E-state index >= 15 is 4.39 Å². The van der Waals surface area contributed by atoms with Crippen LogP contribution in [0.4, 0.5) is 4.39 Å². The van der Waals surface area contributed by atoms with Crippen LogP contribution in [0.3, 0.4) is 0 Å². The van der Waals surface area contributed by atoms with Crippen molar-refractivity contribution in [2.45, 2.75) is 57.9 Å². The zero-order valence-electron chi connectivity index (χ0n) is 22.7. The van der Waals surface area contributed by atoms with E-state index in [2.05, 4.69) is 5.32 Å². The molecule has 0 spiro atoms. The summed E-state index contributed by atoms with van der Waals surface area (Å²) in [5.41, 5.74) is 2.16. The summed E-state index contributed by atoms with van der Waals surface area (Å²) in [7, 11) is 0. The highest BCUT2D eigenvalue weighted by Crippen LogP contribution is 2.46. The minimum absolute atomic E-state index is 0.00713. The van der Waals surface area contributed by atoms with E-state index in [4.69, 9.17) is 21.3 Å². The smallest absolute Gasteiger partial charge is 0.343 e. The topological polar surface area (TPSA) is 131 Å². The molecular weight excluding hydrogens is 565 g/mol. The summed E-state index contributed by atoms with van der Waals surface area (Å²) in [6.07, 6.45) is 0.968. The molecular formula is C31H25ClFN3O6. The maximum absolute atomic E-state index is 15.1. The van der Waals surface area contributed by atoms with Crippen molar-refractivity contribution in [3.63, 3.8) is 0 Å². The SMILES string of the molecule is CC[C@@]1(O)C(=O)OCc2c1cc1n(c2=O)Cc2c-1nc1cc(F)c(C)c3c1c2[C@@H](NC(=O)c1ccc(Cl)c(O)c1)CC3. The molecule has 9 nitrogen and oxygen atoms in total. The number of aromatic nitrogens is 2. The Hall–Kier alpha value is -4.28. The number of nitrogens with zero attached hydrogens (tertiary/aromatic N) is 2. The second-order valence-electron chi connectivity index (χ2n) is 11.0. The summed E-state index contributed by atoms with van der Waals surface area (Å²) in [4.78, 5) is 44.5. The van der Waals surface area contributed by atoms with Gasteiger partial charge >= 0.3 is 5.97 Å². The van der Waals surface area contributed by atoms with E-state index in [1.54, 1.807) is 19.9 Å². The number of aromatic hydroxyl groups is 1. The number of aryl methyl sites for hydroxylation is 1. The average Bonchev–Trinajstić information content (AvgIpc) is 3.34. The number of rotatable bonds is 3. The van der Waals surface area contributed by atoms with Crippen LogP contribution in [-0.4, -0.2) is 31.6 Å². The largest absolute Gasteiger partial charge is 0.506 e. The Morgan fingerprint density at radius 3 is 2.76 bits per heavy atom. The number of halogens is 2. The Morgan fingerprint density at radius 2 is 2.02 bits per heavy atom. The second-order valence-corrected chi connectivity index (χ2v) is 11.4.